The minimum Gasteiger partial charge on any atom is -0.234 e. The standard InChI is InChI=1S/C40H79N2/c1-4-7-10-13-16-18-19-20-21-22-23-24-26-28-31-34-37-42-39-38-41(40(42)35-32-29-15-12-9-6-3)36-33-30-27-25-17-14-11-8-5-2/h38-39H,4-37H2,1-3H3/q+1. The van der Waals surface area contributed by atoms with Crippen LogP contribution in [0, 0.1) is 0 Å². The van der Waals surface area contributed by atoms with Gasteiger partial charge in [0.1, 0.15) is 12.4 Å². The summed E-state index contributed by atoms with van der Waals surface area (Å²) in [6, 6.07) is 0. The predicted molar refractivity (Wildman–Crippen MR) is 188 cm³/mol. The Kier molecular flexibility index (Phi) is 29.5. The zero-order chi connectivity index (χ0) is 30.2. The Bertz CT molecular complexity index is 648. The van der Waals surface area contributed by atoms with Gasteiger partial charge in [0.25, 0.3) is 5.82 Å². The van der Waals surface area contributed by atoms with Crippen molar-refractivity contribution in [3.05, 3.63) is 18.2 Å². The van der Waals surface area contributed by atoms with Crippen LogP contribution in [0.2, 0.25) is 0 Å². The van der Waals surface area contributed by atoms with Crippen molar-refractivity contribution < 1.29 is 4.57 Å². The third kappa shape index (κ3) is 23.6. The van der Waals surface area contributed by atoms with Crippen LogP contribution in [0.15, 0.2) is 12.4 Å². The van der Waals surface area contributed by atoms with Gasteiger partial charge in [-0.15, -0.1) is 0 Å². The number of hydrogen-bond donors (Lipinski definition) is 0. The van der Waals surface area contributed by atoms with Gasteiger partial charge in [-0.25, -0.2) is 9.13 Å². The fraction of sp³-hybridized carbons (Fsp3) is 0.925. The van der Waals surface area contributed by atoms with E-state index in [1.165, 1.54) is 219 Å². The van der Waals surface area contributed by atoms with E-state index >= 15 is 0 Å². The zero-order valence-corrected chi connectivity index (χ0v) is 29.6. The zero-order valence-electron chi connectivity index (χ0n) is 29.6. The van der Waals surface area contributed by atoms with Crippen molar-refractivity contribution in [1.82, 2.24) is 4.57 Å². The summed E-state index contributed by atoms with van der Waals surface area (Å²) < 4.78 is 5.25. The van der Waals surface area contributed by atoms with E-state index in [1.54, 1.807) is 5.82 Å². The summed E-state index contributed by atoms with van der Waals surface area (Å²) in [4.78, 5) is 0. The first-order valence-electron chi connectivity index (χ1n) is 19.9. The third-order valence-electron chi connectivity index (χ3n) is 9.60. The molecule has 42 heavy (non-hydrogen) atoms. The minimum atomic E-state index is 1.23. The third-order valence-corrected chi connectivity index (χ3v) is 9.60. The normalized spacial score (nSPS) is 11.6. The lowest BCUT2D eigenvalue weighted by atomic mass is 10.0. The molecule has 0 bridgehead atoms. The van der Waals surface area contributed by atoms with Gasteiger partial charge in [0.05, 0.1) is 13.1 Å². The van der Waals surface area contributed by atoms with E-state index in [9.17, 15) is 0 Å². The molecule has 0 unspecified atom stereocenters. The minimum absolute atomic E-state index is 1.23. The number of nitrogens with zero attached hydrogens (tertiary/aromatic N) is 2. The first-order chi connectivity index (χ1) is 20.8. The van der Waals surface area contributed by atoms with Gasteiger partial charge in [-0.05, 0) is 32.1 Å². The van der Waals surface area contributed by atoms with Crippen LogP contribution in [-0.4, -0.2) is 4.57 Å². The molecule has 1 rings (SSSR count). The Morgan fingerprint density at radius 2 is 0.738 bits per heavy atom. The van der Waals surface area contributed by atoms with E-state index in [-0.39, 0.29) is 0 Å². The highest BCUT2D eigenvalue weighted by Crippen LogP contribution is 2.15. The summed E-state index contributed by atoms with van der Waals surface area (Å²) in [6.45, 7) is 9.40. The Balaban J connectivity index is 2.19. The molecule has 1 heterocycles. The van der Waals surface area contributed by atoms with Crippen LogP contribution in [0.5, 0.6) is 0 Å². The van der Waals surface area contributed by atoms with Gasteiger partial charge in [0, 0.05) is 6.42 Å². The molecule has 0 N–H and O–H groups in total. The summed E-state index contributed by atoms with van der Waals surface area (Å²) >= 11 is 0. The molecule has 0 radical (unpaired) electrons. The molecule has 0 amide bonds. The number of imidazole rings is 1. The number of rotatable bonds is 34. The smallest absolute Gasteiger partial charge is 0.234 e. The van der Waals surface area contributed by atoms with E-state index in [2.05, 4.69) is 42.3 Å². The van der Waals surface area contributed by atoms with Crippen molar-refractivity contribution >= 4 is 0 Å². The molecule has 0 aromatic carbocycles. The summed E-state index contributed by atoms with van der Waals surface area (Å²) in [7, 11) is 0. The number of aromatic nitrogens is 2. The molecule has 0 saturated carbocycles. The monoisotopic (exact) mass is 588 g/mol. The van der Waals surface area contributed by atoms with Crippen molar-refractivity contribution in [3.8, 4) is 0 Å². The second-order valence-electron chi connectivity index (χ2n) is 13.8. The van der Waals surface area contributed by atoms with E-state index in [1.807, 2.05) is 0 Å². The molecule has 0 spiro atoms. The van der Waals surface area contributed by atoms with Crippen molar-refractivity contribution in [3.63, 3.8) is 0 Å². The lowest BCUT2D eigenvalue weighted by Gasteiger charge is -2.07. The van der Waals surface area contributed by atoms with Gasteiger partial charge in [-0.2, -0.15) is 0 Å². The summed E-state index contributed by atoms with van der Waals surface area (Å²) in [5.41, 5.74) is 0. The second-order valence-corrected chi connectivity index (χ2v) is 13.8. The molecule has 0 fully saturated rings. The Morgan fingerprint density at radius 1 is 0.405 bits per heavy atom. The Labute approximate surface area is 266 Å². The topological polar surface area (TPSA) is 8.81 Å². The molecule has 1 aromatic rings. The first-order valence-corrected chi connectivity index (χ1v) is 19.9. The van der Waals surface area contributed by atoms with E-state index in [0.717, 1.165) is 0 Å². The van der Waals surface area contributed by atoms with Crippen LogP contribution >= 0.6 is 0 Å². The maximum atomic E-state index is 2.63. The molecule has 2 heteroatoms. The van der Waals surface area contributed by atoms with Crippen LogP contribution in [0.25, 0.3) is 0 Å². The SMILES string of the molecule is CCCCCCCCCCCCCCCCCCn1cc[n+](CCCCCCCCCCC)c1CCCCCCCC. The highest BCUT2D eigenvalue weighted by molar-refractivity contribution is 4.84. The van der Waals surface area contributed by atoms with E-state index in [0.29, 0.717) is 0 Å². The molecule has 0 atom stereocenters. The van der Waals surface area contributed by atoms with Gasteiger partial charge in [0.2, 0.25) is 0 Å². The van der Waals surface area contributed by atoms with Crippen LogP contribution in [0.3, 0.4) is 0 Å². The Morgan fingerprint density at radius 3 is 1.14 bits per heavy atom. The fourth-order valence-electron chi connectivity index (χ4n) is 6.68. The van der Waals surface area contributed by atoms with Crippen LogP contribution in [0.4, 0.5) is 0 Å². The van der Waals surface area contributed by atoms with E-state index < -0.39 is 0 Å². The highest BCUT2D eigenvalue weighted by Gasteiger charge is 2.16. The first kappa shape index (κ1) is 39.2. The van der Waals surface area contributed by atoms with Gasteiger partial charge >= 0.3 is 0 Å². The van der Waals surface area contributed by atoms with Gasteiger partial charge in [0.15, 0.2) is 0 Å². The fourth-order valence-corrected chi connectivity index (χ4v) is 6.68. The van der Waals surface area contributed by atoms with Crippen LogP contribution in [0.1, 0.15) is 226 Å². The van der Waals surface area contributed by atoms with Crippen LogP contribution < -0.4 is 4.57 Å². The quantitative estimate of drug-likeness (QED) is 0.0560. The summed E-state index contributed by atoms with van der Waals surface area (Å²) in [6.07, 6.45) is 50.4. The lowest BCUT2D eigenvalue weighted by molar-refractivity contribution is -0.704. The molecule has 0 aliphatic carbocycles. The van der Waals surface area contributed by atoms with Gasteiger partial charge in [-0.3, -0.25) is 0 Å². The Hall–Kier alpha value is -0.790. The van der Waals surface area contributed by atoms with Gasteiger partial charge in [-0.1, -0.05) is 188 Å². The van der Waals surface area contributed by atoms with Crippen molar-refractivity contribution in [1.29, 1.82) is 0 Å². The second kappa shape index (κ2) is 31.6. The molecular weight excluding hydrogens is 508 g/mol. The average Bonchev–Trinajstić information content (AvgIpc) is 3.38. The predicted octanol–water partition coefficient (Wildman–Crippen LogP) is 13.5. The number of unbranched alkanes of at least 4 members (excludes halogenated alkanes) is 28. The molecule has 248 valence electrons. The largest absolute Gasteiger partial charge is 0.256 e. The average molecular weight is 588 g/mol. The van der Waals surface area contributed by atoms with Crippen molar-refractivity contribution in [2.24, 2.45) is 0 Å². The highest BCUT2D eigenvalue weighted by atomic mass is 15.1. The van der Waals surface area contributed by atoms with Gasteiger partial charge < -0.3 is 0 Å². The lowest BCUT2D eigenvalue weighted by Crippen LogP contribution is -2.37. The molecule has 0 aliphatic heterocycles. The summed E-state index contributed by atoms with van der Waals surface area (Å²) in [5.74, 6) is 1.62. The molecule has 0 aliphatic rings. The van der Waals surface area contributed by atoms with E-state index in [4.69, 9.17) is 0 Å². The number of aryl methyl sites for hydroxylation is 2. The molecule has 1 aromatic heterocycles. The molecule has 2 nitrogen and oxygen atoms in total. The maximum Gasteiger partial charge on any atom is 0.256 e. The number of hydrogen-bond acceptors (Lipinski definition) is 0. The molecular formula is C40H79N2+. The maximum absolute atomic E-state index is 2.63. The summed E-state index contributed by atoms with van der Waals surface area (Å²) in [5, 5.41) is 0. The van der Waals surface area contributed by atoms with Crippen molar-refractivity contribution in [2.45, 2.75) is 239 Å². The molecule has 0 saturated heterocycles. The van der Waals surface area contributed by atoms with Crippen LogP contribution in [-0.2, 0) is 19.5 Å². The van der Waals surface area contributed by atoms with Crippen molar-refractivity contribution in [2.75, 3.05) is 0 Å².